The second kappa shape index (κ2) is 19.0. The minimum atomic E-state index is -4.68. The van der Waals surface area contributed by atoms with Gasteiger partial charge in [-0.05, 0) is 82.7 Å². The molecule has 3 N–H and O–H groups in total. The number of alkyl halides is 6. The summed E-state index contributed by atoms with van der Waals surface area (Å²) in [6.45, 7) is 13.3. The van der Waals surface area contributed by atoms with Gasteiger partial charge in [0.25, 0.3) is 0 Å². The zero-order valence-electron chi connectivity index (χ0n) is 33.9. The van der Waals surface area contributed by atoms with E-state index in [4.69, 9.17) is 19.2 Å². The molecule has 0 spiro atoms. The molecule has 2 aromatic carbocycles. The molecule has 0 bridgehead atoms. The number of halogens is 6. The van der Waals surface area contributed by atoms with Crippen molar-refractivity contribution in [2.45, 2.75) is 134 Å². The van der Waals surface area contributed by atoms with Crippen LogP contribution in [0.4, 0.5) is 31.1 Å². The third-order valence-corrected chi connectivity index (χ3v) is 12.8. The second-order valence-electron chi connectivity index (χ2n) is 17.3. The van der Waals surface area contributed by atoms with Crippen molar-refractivity contribution in [3.8, 4) is 0 Å². The summed E-state index contributed by atoms with van der Waals surface area (Å²) in [5.41, 5.74) is -0.0443. The first-order chi connectivity index (χ1) is 26.3. The van der Waals surface area contributed by atoms with Crippen LogP contribution in [0.2, 0.25) is 25.7 Å². The first kappa shape index (κ1) is 46.8. The third-order valence-electron chi connectivity index (χ3n) is 9.48. The summed E-state index contributed by atoms with van der Waals surface area (Å²) in [6.07, 6.45) is -9.84. The molecule has 1 amide bonds. The van der Waals surface area contributed by atoms with Crippen molar-refractivity contribution in [2.75, 3.05) is 19.8 Å². The second-order valence-corrected chi connectivity index (χ2v) is 24.9. The largest absolute Gasteiger partial charge is 0.598 e. The van der Waals surface area contributed by atoms with Crippen LogP contribution in [0, 0.1) is 5.92 Å². The Morgan fingerprint density at radius 1 is 1.02 bits per heavy atom. The van der Waals surface area contributed by atoms with Gasteiger partial charge in [-0.25, -0.2) is 9.78 Å². The predicted molar refractivity (Wildman–Crippen MR) is 211 cm³/mol. The number of nitrogens with zero attached hydrogens (tertiary/aromatic N) is 2. The SMILES string of the molecule is CC(C)(C)[S+]([O-])N[C@@H](COC(C)(C)C(F)(F)F)c1nc2cc([C@H](NCC(CC(F)(F)F)NC(=O)OCc3ccccc3)C3CC3)ccc2n1COCC[Si](C)(C)C. The van der Waals surface area contributed by atoms with E-state index in [0.29, 0.717) is 23.2 Å². The van der Waals surface area contributed by atoms with E-state index >= 15 is 0 Å². The molecule has 0 saturated heterocycles. The quantitative estimate of drug-likeness (QED) is 0.0446. The van der Waals surface area contributed by atoms with Crippen molar-refractivity contribution in [1.82, 2.24) is 24.9 Å². The summed E-state index contributed by atoms with van der Waals surface area (Å²) < 4.78 is 117. The number of hydrogen-bond acceptors (Lipinski definition) is 8. The Morgan fingerprint density at radius 2 is 1.68 bits per heavy atom. The molecular weight excluding hydrogens is 793 g/mol. The fourth-order valence-corrected chi connectivity index (χ4v) is 7.32. The molecule has 1 aliphatic rings. The van der Waals surface area contributed by atoms with E-state index < -0.39 is 79.4 Å². The average molecular weight is 850 g/mol. The van der Waals surface area contributed by atoms with Crippen molar-refractivity contribution in [3.63, 3.8) is 0 Å². The maximum Gasteiger partial charge on any atom is 0.416 e. The molecule has 0 aliphatic heterocycles. The fourth-order valence-electron chi connectivity index (χ4n) is 5.78. The minimum Gasteiger partial charge on any atom is -0.598 e. The van der Waals surface area contributed by atoms with E-state index in [0.717, 1.165) is 38.3 Å². The number of alkyl carbamates (subject to hydrolysis) is 1. The summed E-state index contributed by atoms with van der Waals surface area (Å²) in [5.74, 6) is 0.359. The Balaban J connectivity index is 1.65. The molecule has 1 aliphatic carbocycles. The summed E-state index contributed by atoms with van der Waals surface area (Å²) in [5, 5.41) is 5.62. The van der Waals surface area contributed by atoms with Crippen molar-refractivity contribution >= 4 is 36.6 Å². The molecule has 0 radical (unpaired) electrons. The van der Waals surface area contributed by atoms with Crippen molar-refractivity contribution in [2.24, 2.45) is 5.92 Å². The van der Waals surface area contributed by atoms with Crippen molar-refractivity contribution < 1.29 is 49.9 Å². The highest BCUT2D eigenvalue weighted by Crippen LogP contribution is 2.42. The highest BCUT2D eigenvalue weighted by atomic mass is 32.2. The standard InChI is InChI=1S/C39H57F6N5O5SSi/c1-36(2,3)56(52)49-31(24-55-37(4,5)39(43,44)45)34-48-30-20-28(16-17-32(30)50(34)25-53-18-19-57(6,7)8)33(27-14-15-27)46-22-29(21-38(40,41)42)47-35(51)54-23-26-12-10-9-11-13-26/h9-13,16-17,20,27,29,31,33,46,49H,14-15,18-19,21-25H2,1-8H3,(H,47,51)/t29?,31-,33+,56?/m0/s1. The van der Waals surface area contributed by atoms with Crippen LogP contribution in [0.15, 0.2) is 48.5 Å². The predicted octanol–water partition coefficient (Wildman–Crippen LogP) is 9.09. The van der Waals surface area contributed by atoms with Gasteiger partial charge in [0.2, 0.25) is 0 Å². The third kappa shape index (κ3) is 14.7. The molecule has 3 aromatic rings. The smallest absolute Gasteiger partial charge is 0.416 e. The van der Waals surface area contributed by atoms with Gasteiger partial charge in [-0.1, -0.05) is 56.0 Å². The first-order valence-electron chi connectivity index (χ1n) is 19.1. The zero-order chi connectivity index (χ0) is 42.4. The topological polar surface area (TPSA) is 122 Å². The number of aromatic nitrogens is 2. The van der Waals surface area contributed by atoms with Crippen LogP contribution in [0.25, 0.3) is 11.0 Å². The highest BCUT2D eigenvalue weighted by molar-refractivity contribution is 7.90. The van der Waals surface area contributed by atoms with E-state index in [2.05, 4.69) is 35.0 Å². The fraction of sp³-hybridized carbons (Fsp3) is 0.641. The Kier molecular flexibility index (Phi) is 15.6. The van der Waals surface area contributed by atoms with Crippen LogP contribution in [0.1, 0.15) is 82.9 Å². The van der Waals surface area contributed by atoms with Crippen LogP contribution in [0.5, 0.6) is 0 Å². The van der Waals surface area contributed by atoms with Gasteiger partial charge >= 0.3 is 18.4 Å². The van der Waals surface area contributed by atoms with Crippen LogP contribution < -0.4 is 15.4 Å². The lowest BCUT2D eigenvalue weighted by Gasteiger charge is -2.32. The van der Waals surface area contributed by atoms with E-state index in [-0.39, 0.29) is 31.6 Å². The van der Waals surface area contributed by atoms with E-state index in [1.165, 1.54) is 0 Å². The summed E-state index contributed by atoms with van der Waals surface area (Å²) >= 11 is -1.74. The van der Waals surface area contributed by atoms with E-state index in [1.54, 1.807) is 67.8 Å². The molecular formula is C39H57F6N5O5SSi. The van der Waals surface area contributed by atoms with E-state index in [1.807, 2.05) is 6.07 Å². The lowest BCUT2D eigenvalue weighted by Crippen LogP contribution is -2.47. The Hall–Kier alpha value is -2.87. The molecule has 320 valence electrons. The normalized spacial score (nSPS) is 16.7. The molecule has 2 unspecified atom stereocenters. The summed E-state index contributed by atoms with van der Waals surface area (Å²) in [4.78, 5) is 17.5. The monoisotopic (exact) mass is 849 g/mol. The zero-order valence-corrected chi connectivity index (χ0v) is 35.7. The molecule has 18 heteroatoms. The lowest BCUT2D eigenvalue weighted by atomic mass is 10.0. The molecule has 10 nitrogen and oxygen atoms in total. The lowest BCUT2D eigenvalue weighted by molar-refractivity contribution is -0.265. The van der Waals surface area contributed by atoms with Gasteiger partial charge < -0.3 is 34.0 Å². The highest BCUT2D eigenvalue weighted by Gasteiger charge is 2.49. The van der Waals surface area contributed by atoms with Crippen LogP contribution in [-0.2, 0) is 38.9 Å². The molecule has 57 heavy (non-hydrogen) atoms. The van der Waals surface area contributed by atoms with Crippen LogP contribution >= 0.6 is 0 Å². The molecule has 4 rings (SSSR count). The average Bonchev–Trinajstić information content (AvgIpc) is 3.86. The van der Waals surface area contributed by atoms with Crippen molar-refractivity contribution in [1.29, 1.82) is 0 Å². The first-order valence-corrected chi connectivity index (χ1v) is 23.9. The molecule has 4 atom stereocenters. The Morgan fingerprint density at radius 3 is 2.26 bits per heavy atom. The molecule has 1 aromatic heterocycles. The number of carbonyl (C=O) groups excluding carboxylic acids is 1. The van der Waals surface area contributed by atoms with Gasteiger partial charge in [0.1, 0.15) is 30.0 Å². The van der Waals surface area contributed by atoms with Gasteiger partial charge in [-0.3, -0.25) is 0 Å². The number of amides is 1. The van der Waals surface area contributed by atoms with E-state index in [9.17, 15) is 35.7 Å². The van der Waals surface area contributed by atoms with Gasteiger partial charge in [-0.2, -0.15) is 26.3 Å². The van der Waals surface area contributed by atoms with Gasteiger partial charge in [-0.15, -0.1) is 4.72 Å². The van der Waals surface area contributed by atoms with Gasteiger partial charge in [0.05, 0.1) is 30.1 Å². The molecule has 1 heterocycles. The van der Waals surface area contributed by atoms with Crippen LogP contribution in [0.3, 0.4) is 0 Å². The Bertz CT molecular complexity index is 1750. The maximum absolute atomic E-state index is 13.9. The molecule has 1 saturated carbocycles. The number of hydrogen-bond donors (Lipinski definition) is 3. The number of carbonyl (C=O) groups is 1. The number of benzene rings is 2. The summed E-state index contributed by atoms with van der Waals surface area (Å²) in [7, 11) is -1.47. The number of nitrogens with one attached hydrogen (secondary N) is 3. The molecule has 1 fully saturated rings. The van der Waals surface area contributed by atoms with Crippen molar-refractivity contribution in [3.05, 3.63) is 65.5 Å². The number of rotatable bonds is 20. The Labute approximate surface area is 335 Å². The maximum atomic E-state index is 13.9. The minimum absolute atomic E-state index is 0.00806. The number of imidazole rings is 1. The summed E-state index contributed by atoms with van der Waals surface area (Å²) in [6, 6.07) is 12.3. The van der Waals surface area contributed by atoms with Crippen LogP contribution in [-0.4, -0.2) is 76.8 Å². The number of ether oxygens (including phenoxy) is 3. The number of fused-ring (bicyclic) bond motifs is 1. The van der Waals surface area contributed by atoms with Gasteiger partial charge in [0.15, 0.2) is 5.60 Å². The van der Waals surface area contributed by atoms with Gasteiger partial charge in [0, 0.05) is 38.6 Å².